The Labute approximate surface area is 256 Å². The van der Waals surface area contributed by atoms with Crippen molar-refractivity contribution in [1.82, 2.24) is 15.0 Å². The van der Waals surface area contributed by atoms with Gasteiger partial charge in [-0.05, 0) is 86.4 Å². The normalized spacial score (nSPS) is 11.6. The van der Waals surface area contributed by atoms with Crippen LogP contribution < -0.4 is 5.73 Å². The molecule has 0 aliphatic heterocycles. The summed E-state index contributed by atoms with van der Waals surface area (Å²) in [6, 6.07) is 40.4. The van der Waals surface area contributed by atoms with Crippen LogP contribution >= 0.6 is 0 Å². The van der Waals surface area contributed by atoms with E-state index in [4.69, 9.17) is 15.7 Å². The number of allylic oxidation sites excluding steroid dienone is 3. The van der Waals surface area contributed by atoms with E-state index in [1.54, 1.807) is 6.20 Å². The first-order valence-corrected chi connectivity index (χ1v) is 14.7. The molecule has 0 atom stereocenters. The number of rotatable bonds is 7. The Bertz CT molecular complexity index is 2110. The molecule has 44 heavy (non-hydrogen) atoms. The third-order valence-corrected chi connectivity index (χ3v) is 7.91. The molecule has 0 spiro atoms. The van der Waals surface area contributed by atoms with Crippen LogP contribution in [0.5, 0.6) is 0 Å². The van der Waals surface area contributed by atoms with Crippen molar-refractivity contribution in [3.63, 3.8) is 0 Å². The van der Waals surface area contributed by atoms with Gasteiger partial charge < -0.3 is 5.73 Å². The smallest absolute Gasteiger partial charge is 0.0886 e. The predicted octanol–water partition coefficient (Wildman–Crippen LogP) is 9.42. The second kappa shape index (κ2) is 12.2. The maximum atomic E-state index is 5.46. The van der Waals surface area contributed by atoms with Crippen molar-refractivity contribution in [2.75, 3.05) is 0 Å². The standard InChI is InChI=1S/C40H30N4/c41-23-9-2-5-13-32-20-17-30(26-43-32)40-34-15-7-6-14-33(34)39(31-19-22-38(44-27-31)37-16-8-10-24-42-37)35-21-18-29(25-36(35)40)28-11-3-1-4-12-28/h1-12,14-27H,13,41H2/b5-2-,23-9-. The van der Waals surface area contributed by atoms with E-state index in [1.165, 1.54) is 50.0 Å². The van der Waals surface area contributed by atoms with Gasteiger partial charge in [-0.1, -0.05) is 97.1 Å². The Morgan fingerprint density at radius 1 is 0.500 bits per heavy atom. The first-order chi connectivity index (χ1) is 21.8. The van der Waals surface area contributed by atoms with Crippen molar-refractivity contribution < 1.29 is 0 Å². The lowest BCUT2D eigenvalue weighted by molar-refractivity contribution is 1.11. The lowest BCUT2D eigenvalue weighted by Crippen LogP contribution is -1.94. The Balaban J connectivity index is 1.45. The van der Waals surface area contributed by atoms with E-state index >= 15 is 0 Å². The van der Waals surface area contributed by atoms with Gasteiger partial charge in [-0.2, -0.15) is 0 Å². The van der Waals surface area contributed by atoms with Crippen LogP contribution in [0, 0.1) is 0 Å². The first kappa shape index (κ1) is 27.0. The summed E-state index contributed by atoms with van der Waals surface area (Å²) in [5.41, 5.74) is 15.0. The number of hydrogen-bond acceptors (Lipinski definition) is 4. The monoisotopic (exact) mass is 566 g/mol. The van der Waals surface area contributed by atoms with E-state index in [-0.39, 0.29) is 0 Å². The molecule has 7 rings (SSSR count). The number of hydrogen-bond donors (Lipinski definition) is 1. The SMILES string of the molecule is N/C=C\C=C/Cc1ccc(-c2c3ccccc3c(-c3ccc(-c4ccccn4)nc3)c3ccc(-c4ccccc4)cc23)cn1. The minimum atomic E-state index is 0.741. The van der Waals surface area contributed by atoms with Crippen molar-refractivity contribution in [1.29, 1.82) is 0 Å². The molecule has 3 heterocycles. The Morgan fingerprint density at radius 3 is 1.84 bits per heavy atom. The van der Waals surface area contributed by atoms with Crippen molar-refractivity contribution in [2.24, 2.45) is 5.73 Å². The van der Waals surface area contributed by atoms with Crippen LogP contribution in [0.15, 0.2) is 158 Å². The molecule has 210 valence electrons. The quantitative estimate of drug-likeness (QED) is 0.154. The maximum absolute atomic E-state index is 5.46. The average Bonchev–Trinajstić information content (AvgIpc) is 3.10. The highest BCUT2D eigenvalue weighted by Crippen LogP contribution is 2.44. The van der Waals surface area contributed by atoms with Gasteiger partial charge in [0.05, 0.1) is 11.4 Å². The van der Waals surface area contributed by atoms with Gasteiger partial charge >= 0.3 is 0 Å². The predicted molar refractivity (Wildman–Crippen MR) is 183 cm³/mol. The number of fused-ring (bicyclic) bond motifs is 2. The van der Waals surface area contributed by atoms with Gasteiger partial charge in [-0.25, -0.2) is 0 Å². The molecule has 0 amide bonds. The molecular formula is C40H30N4. The van der Waals surface area contributed by atoms with Crippen LogP contribution in [0.4, 0.5) is 0 Å². The van der Waals surface area contributed by atoms with Crippen molar-refractivity contribution in [3.05, 3.63) is 164 Å². The van der Waals surface area contributed by atoms with E-state index in [0.717, 1.165) is 34.6 Å². The fourth-order valence-corrected chi connectivity index (χ4v) is 5.84. The maximum Gasteiger partial charge on any atom is 0.0886 e. The molecule has 0 unspecified atom stereocenters. The van der Waals surface area contributed by atoms with Gasteiger partial charge in [0, 0.05) is 41.8 Å². The summed E-state index contributed by atoms with van der Waals surface area (Å²) in [4.78, 5) is 14.2. The molecule has 0 aliphatic carbocycles. The third kappa shape index (κ3) is 5.25. The van der Waals surface area contributed by atoms with Gasteiger partial charge in [0.1, 0.15) is 0 Å². The van der Waals surface area contributed by atoms with Crippen LogP contribution in [-0.4, -0.2) is 15.0 Å². The van der Waals surface area contributed by atoms with E-state index in [1.807, 2.05) is 42.7 Å². The molecule has 0 aliphatic rings. The number of nitrogens with zero attached hydrogens (tertiary/aromatic N) is 3. The Kier molecular flexibility index (Phi) is 7.46. The van der Waals surface area contributed by atoms with Crippen LogP contribution in [0.2, 0.25) is 0 Å². The van der Waals surface area contributed by atoms with E-state index in [9.17, 15) is 0 Å². The Hall–Kier alpha value is -5.87. The van der Waals surface area contributed by atoms with Gasteiger partial charge in [-0.3, -0.25) is 15.0 Å². The number of pyridine rings is 3. The van der Waals surface area contributed by atoms with Crippen molar-refractivity contribution in [3.8, 4) is 44.8 Å². The second-order valence-electron chi connectivity index (χ2n) is 10.6. The summed E-state index contributed by atoms with van der Waals surface area (Å²) in [5.74, 6) is 0. The molecule has 0 saturated heterocycles. The van der Waals surface area contributed by atoms with Crippen LogP contribution in [0.1, 0.15) is 5.69 Å². The van der Waals surface area contributed by atoms with Crippen molar-refractivity contribution >= 4 is 21.5 Å². The molecule has 0 saturated carbocycles. The average molecular weight is 567 g/mol. The highest BCUT2D eigenvalue weighted by molar-refractivity contribution is 6.21. The molecule has 4 aromatic carbocycles. The topological polar surface area (TPSA) is 64.7 Å². The summed E-state index contributed by atoms with van der Waals surface area (Å²) in [5, 5.41) is 4.70. The van der Waals surface area contributed by atoms with Crippen LogP contribution in [-0.2, 0) is 6.42 Å². The first-order valence-electron chi connectivity index (χ1n) is 14.7. The van der Waals surface area contributed by atoms with Crippen molar-refractivity contribution in [2.45, 2.75) is 6.42 Å². The van der Waals surface area contributed by atoms with Gasteiger partial charge in [-0.15, -0.1) is 0 Å². The van der Waals surface area contributed by atoms with Gasteiger partial charge in [0.15, 0.2) is 0 Å². The van der Waals surface area contributed by atoms with Crippen LogP contribution in [0.25, 0.3) is 66.3 Å². The molecule has 7 aromatic rings. The molecule has 0 radical (unpaired) electrons. The van der Waals surface area contributed by atoms with Crippen LogP contribution in [0.3, 0.4) is 0 Å². The summed E-state index contributed by atoms with van der Waals surface area (Å²) in [7, 11) is 0. The summed E-state index contributed by atoms with van der Waals surface area (Å²) in [6.07, 6.45) is 13.9. The number of benzene rings is 4. The molecule has 4 heteroatoms. The molecule has 2 N–H and O–H groups in total. The zero-order valence-corrected chi connectivity index (χ0v) is 24.1. The zero-order valence-electron chi connectivity index (χ0n) is 24.1. The highest BCUT2D eigenvalue weighted by Gasteiger charge is 2.18. The molecular weight excluding hydrogens is 536 g/mol. The molecule has 4 nitrogen and oxygen atoms in total. The summed E-state index contributed by atoms with van der Waals surface area (Å²) >= 11 is 0. The fraction of sp³-hybridized carbons (Fsp3) is 0.0250. The number of nitrogens with two attached hydrogens (primary N) is 1. The molecule has 0 bridgehead atoms. The van der Waals surface area contributed by atoms with E-state index in [2.05, 4.69) is 108 Å². The number of aromatic nitrogens is 3. The fourth-order valence-electron chi connectivity index (χ4n) is 5.84. The molecule has 0 fully saturated rings. The summed E-state index contributed by atoms with van der Waals surface area (Å²) < 4.78 is 0. The lowest BCUT2D eigenvalue weighted by atomic mass is 9.85. The third-order valence-electron chi connectivity index (χ3n) is 7.91. The minimum absolute atomic E-state index is 0.741. The highest BCUT2D eigenvalue weighted by atomic mass is 14.8. The summed E-state index contributed by atoms with van der Waals surface area (Å²) in [6.45, 7) is 0. The van der Waals surface area contributed by atoms with Gasteiger partial charge in [0.25, 0.3) is 0 Å². The van der Waals surface area contributed by atoms with E-state index in [0.29, 0.717) is 0 Å². The molecule has 3 aromatic heterocycles. The van der Waals surface area contributed by atoms with Gasteiger partial charge in [0.2, 0.25) is 0 Å². The zero-order chi connectivity index (χ0) is 29.7. The van der Waals surface area contributed by atoms with E-state index < -0.39 is 0 Å². The second-order valence-corrected chi connectivity index (χ2v) is 10.6. The lowest BCUT2D eigenvalue weighted by Gasteiger charge is -2.18. The Morgan fingerprint density at radius 2 is 1.16 bits per heavy atom. The minimum Gasteiger partial charge on any atom is -0.405 e. The largest absolute Gasteiger partial charge is 0.405 e.